The van der Waals surface area contributed by atoms with Gasteiger partial charge in [-0.3, -0.25) is 4.79 Å². The largest absolute Gasteiger partial charge is 0.496 e. The number of thioether (sulfide) groups is 1. The molecule has 0 bridgehead atoms. The van der Waals surface area contributed by atoms with Gasteiger partial charge in [-0.1, -0.05) is 30.0 Å². The van der Waals surface area contributed by atoms with Crippen molar-refractivity contribution in [3.63, 3.8) is 0 Å². The number of benzene rings is 1. The first-order chi connectivity index (χ1) is 16.6. The van der Waals surface area contributed by atoms with Gasteiger partial charge in [0.2, 0.25) is 5.91 Å². The number of rotatable bonds is 5. The number of ether oxygens (including phenoxy) is 2. The molecule has 4 rings (SSSR count). The molecular formula is C26H34N4O4S. The molecule has 0 saturated carbocycles. The second-order valence-corrected chi connectivity index (χ2v) is 10.8. The molecule has 3 aliphatic heterocycles. The zero-order chi connectivity index (χ0) is 25.3. The van der Waals surface area contributed by atoms with Crippen molar-refractivity contribution < 1.29 is 19.1 Å². The molecule has 1 aromatic carbocycles. The number of aliphatic imine (C=N–C) groups is 1. The molecule has 1 amide bonds. The lowest BCUT2D eigenvalue weighted by molar-refractivity contribution is -0.150. The van der Waals surface area contributed by atoms with Crippen molar-refractivity contribution in [3.8, 4) is 5.75 Å². The van der Waals surface area contributed by atoms with Crippen molar-refractivity contribution in [2.24, 2.45) is 4.99 Å². The van der Waals surface area contributed by atoms with Crippen LogP contribution in [0.25, 0.3) is 0 Å². The summed E-state index contributed by atoms with van der Waals surface area (Å²) in [6, 6.07) is 7.14. The van der Waals surface area contributed by atoms with E-state index in [2.05, 4.69) is 11.9 Å². The second kappa shape index (κ2) is 10.1. The van der Waals surface area contributed by atoms with Crippen LogP contribution in [0.2, 0.25) is 0 Å². The van der Waals surface area contributed by atoms with E-state index in [1.165, 1.54) is 11.8 Å². The molecular weight excluding hydrogens is 464 g/mol. The number of esters is 1. The minimum absolute atomic E-state index is 0.0788. The van der Waals surface area contributed by atoms with Crippen LogP contribution in [0.1, 0.15) is 45.7 Å². The van der Waals surface area contributed by atoms with Crippen LogP contribution in [-0.4, -0.2) is 77.7 Å². The number of piperazine rings is 1. The standard InChI is InChI=1S/C26H34N4O4S/c1-17-22(24(32)34-26(2,3)4)23(19-9-7-8-10-20(19)33-6)30-18(16-35-25(30)27-17)15-21(31)29-13-11-28(5)12-14-29/h7-10,16,23H,11-15H2,1-6H3/t23-/m1/s1. The first kappa shape index (κ1) is 25.3. The fourth-order valence-corrected chi connectivity index (χ4v) is 5.44. The highest BCUT2D eigenvalue weighted by Gasteiger charge is 2.43. The van der Waals surface area contributed by atoms with Crippen LogP contribution in [0.4, 0.5) is 0 Å². The maximum absolute atomic E-state index is 13.5. The molecule has 3 aliphatic rings. The third-order valence-corrected chi connectivity index (χ3v) is 7.13. The smallest absolute Gasteiger partial charge is 0.338 e. The fraction of sp³-hybridized carbons (Fsp3) is 0.500. The number of allylic oxidation sites excluding steroid dienone is 1. The Bertz CT molecular complexity index is 1100. The molecule has 1 aromatic rings. The van der Waals surface area contributed by atoms with Gasteiger partial charge in [0.05, 0.1) is 30.8 Å². The number of carbonyl (C=O) groups is 2. The number of amides is 1. The highest BCUT2D eigenvalue weighted by molar-refractivity contribution is 8.16. The first-order valence-corrected chi connectivity index (χ1v) is 12.7. The number of amidine groups is 1. The lowest BCUT2D eigenvalue weighted by Crippen LogP contribution is -2.47. The van der Waals surface area contributed by atoms with Crippen molar-refractivity contribution in [2.75, 3.05) is 40.3 Å². The summed E-state index contributed by atoms with van der Waals surface area (Å²) in [5, 5.41) is 2.72. The van der Waals surface area contributed by atoms with Gasteiger partial charge in [-0.15, -0.1) is 0 Å². The quantitative estimate of drug-likeness (QED) is 0.572. The van der Waals surface area contributed by atoms with Gasteiger partial charge in [-0.2, -0.15) is 0 Å². The number of likely N-dealkylation sites (N-methyl/N-ethyl adjacent to an activating group) is 1. The highest BCUT2D eigenvalue weighted by atomic mass is 32.2. The number of hydrogen-bond donors (Lipinski definition) is 0. The average Bonchev–Trinajstić information content (AvgIpc) is 3.19. The summed E-state index contributed by atoms with van der Waals surface area (Å²) < 4.78 is 11.5. The SMILES string of the molecule is COc1ccccc1[C@@H]1C(C(=O)OC(C)(C)C)=C(C)N=C2SC=C(CC(=O)N3CCN(C)CC3)N21. The Balaban J connectivity index is 1.71. The van der Waals surface area contributed by atoms with Crippen molar-refractivity contribution in [3.05, 3.63) is 52.2 Å². The van der Waals surface area contributed by atoms with Gasteiger partial charge in [0.15, 0.2) is 5.17 Å². The molecule has 0 unspecified atom stereocenters. The van der Waals surface area contributed by atoms with E-state index in [1.54, 1.807) is 7.11 Å². The van der Waals surface area contributed by atoms with Crippen LogP contribution in [0, 0.1) is 0 Å². The van der Waals surface area contributed by atoms with Crippen LogP contribution in [0.5, 0.6) is 5.75 Å². The Morgan fingerprint density at radius 2 is 1.83 bits per heavy atom. The lowest BCUT2D eigenvalue weighted by atomic mass is 9.93. The summed E-state index contributed by atoms with van der Waals surface area (Å²) >= 11 is 1.47. The van der Waals surface area contributed by atoms with Crippen molar-refractivity contribution >= 4 is 28.8 Å². The molecule has 0 aliphatic carbocycles. The average molecular weight is 499 g/mol. The summed E-state index contributed by atoms with van der Waals surface area (Å²) in [6.45, 7) is 10.5. The van der Waals surface area contributed by atoms with Gasteiger partial charge >= 0.3 is 5.97 Å². The van der Waals surface area contributed by atoms with E-state index in [-0.39, 0.29) is 12.3 Å². The summed E-state index contributed by atoms with van der Waals surface area (Å²) in [5.74, 6) is 0.319. The van der Waals surface area contributed by atoms with Crippen molar-refractivity contribution in [1.29, 1.82) is 0 Å². The zero-order valence-corrected chi connectivity index (χ0v) is 22.1. The van der Waals surface area contributed by atoms with E-state index in [9.17, 15) is 9.59 Å². The third kappa shape index (κ3) is 5.41. The number of methoxy groups -OCH3 is 1. The Morgan fingerprint density at radius 3 is 2.49 bits per heavy atom. The van der Waals surface area contributed by atoms with Crippen LogP contribution in [0.3, 0.4) is 0 Å². The molecule has 3 heterocycles. The van der Waals surface area contributed by atoms with E-state index in [1.807, 2.05) is 67.2 Å². The molecule has 0 spiro atoms. The normalized spacial score (nSPS) is 20.9. The van der Waals surface area contributed by atoms with E-state index in [0.29, 0.717) is 17.0 Å². The topological polar surface area (TPSA) is 74.7 Å². The van der Waals surface area contributed by atoms with E-state index in [0.717, 1.165) is 42.6 Å². The van der Waals surface area contributed by atoms with Gasteiger partial charge in [-0.05, 0) is 46.2 Å². The number of hydrogen-bond acceptors (Lipinski definition) is 8. The minimum atomic E-state index is -0.657. The van der Waals surface area contributed by atoms with Gasteiger partial charge < -0.3 is 24.2 Å². The van der Waals surface area contributed by atoms with Crippen LogP contribution < -0.4 is 4.74 Å². The van der Waals surface area contributed by atoms with E-state index >= 15 is 0 Å². The number of nitrogens with zero attached hydrogens (tertiary/aromatic N) is 4. The van der Waals surface area contributed by atoms with E-state index < -0.39 is 17.6 Å². The van der Waals surface area contributed by atoms with Gasteiger partial charge in [-0.25, -0.2) is 9.79 Å². The van der Waals surface area contributed by atoms with Crippen LogP contribution >= 0.6 is 11.8 Å². The molecule has 0 radical (unpaired) electrons. The molecule has 0 N–H and O–H groups in total. The third-order valence-electron chi connectivity index (χ3n) is 6.24. The lowest BCUT2D eigenvalue weighted by Gasteiger charge is -2.38. The molecule has 8 nitrogen and oxygen atoms in total. The maximum atomic E-state index is 13.5. The Kier molecular flexibility index (Phi) is 7.28. The molecule has 1 fully saturated rings. The summed E-state index contributed by atoms with van der Waals surface area (Å²) in [5.41, 5.74) is 2.04. The second-order valence-electron chi connectivity index (χ2n) is 10.00. The van der Waals surface area contributed by atoms with Gasteiger partial charge in [0, 0.05) is 37.4 Å². The molecule has 35 heavy (non-hydrogen) atoms. The molecule has 188 valence electrons. The first-order valence-electron chi connectivity index (χ1n) is 11.9. The summed E-state index contributed by atoms with van der Waals surface area (Å²) in [7, 11) is 3.69. The Morgan fingerprint density at radius 1 is 1.14 bits per heavy atom. The predicted molar refractivity (Wildman–Crippen MR) is 138 cm³/mol. The Hall–Kier alpha value is -2.78. The molecule has 0 aromatic heterocycles. The van der Waals surface area contributed by atoms with Crippen molar-refractivity contribution in [1.82, 2.24) is 14.7 Å². The maximum Gasteiger partial charge on any atom is 0.338 e. The molecule has 1 atom stereocenters. The van der Waals surface area contributed by atoms with Gasteiger partial charge in [0.25, 0.3) is 0 Å². The molecule has 9 heteroatoms. The zero-order valence-electron chi connectivity index (χ0n) is 21.3. The van der Waals surface area contributed by atoms with E-state index in [4.69, 9.17) is 14.5 Å². The highest BCUT2D eigenvalue weighted by Crippen LogP contribution is 2.47. The van der Waals surface area contributed by atoms with Crippen LogP contribution in [0.15, 0.2) is 51.6 Å². The number of para-hydroxylation sites is 1. The minimum Gasteiger partial charge on any atom is -0.496 e. The van der Waals surface area contributed by atoms with Gasteiger partial charge in [0.1, 0.15) is 11.4 Å². The summed E-state index contributed by atoms with van der Waals surface area (Å²) in [6.07, 6.45) is 0.238. The fourth-order valence-electron chi connectivity index (χ4n) is 4.47. The van der Waals surface area contributed by atoms with Crippen LogP contribution in [-0.2, 0) is 14.3 Å². The Labute approximate surface area is 211 Å². The molecule has 1 saturated heterocycles. The predicted octanol–water partition coefficient (Wildman–Crippen LogP) is 3.78. The van der Waals surface area contributed by atoms with Crippen molar-refractivity contribution in [2.45, 2.75) is 45.8 Å². The monoisotopic (exact) mass is 498 g/mol. The summed E-state index contributed by atoms with van der Waals surface area (Å²) in [4.78, 5) is 37.6. The number of fused-ring (bicyclic) bond motifs is 1. The number of carbonyl (C=O) groups excluding carboxylic acids is 2.